The summed E-state index contributed by atoms with van der Waals surface area (Å²) in [6.07, 6.45) is 0.982. The van der Waals surface area contributed by atoms with Crippen molar-refractivity contribution >= 4 is 0 Å². The molecule has 0 saturated carbocycles. The van der Waals surface area contributed by atoms with Crippen LogP contribution in [-0.4, -0.2) is 18.8 Å². The van der Waals surface area contributed by atoms with Gasteiger partial charge in [0.25, 0.3) is 0 Å². The highest BCUT2D eigenvalue weighted by molar-refractivity contribution is 5.38. The Bertz CT molecular complexity index is 327. The van der Waals surface area contributed by atoms with Crippen LogP contribution >= 0.6 is 0 Å². The molecule has 0 radical (unpaired) electrons. The van der Waals surface area contributed by atoms with Crippen LogP contribution in [0.2, 0.25) is 0 Å². The maximum Gasteiger partial charge on any atom is 0.165 e. The third-order valence-corrected chi connectivity index (χ3v) is 2.14. The van der Waals surface area contributed by atoms with Crippen molar-refractivity contribution in [1.82, 2.24) is 0 Å². The third-order valence-electron chi connectivity index (χ3n) is 2.14. The Morgan fingerprint density at radius 2 is 2.13 bits per heavy atom. The highest BCUT2D eigenvalue weighted by Gasteiger charge is 2.11. The Balaban J connectivity index is 3.02. The van der Waals surface area contributed by atoms with Crippen molar-refractivity contribution in [2.24, 2.45) is 0 Å². The zero-order valence-corrected chi connectivity index (χ0v) is 8.59. The van der Waals surface area contributed by atoms with Gasteiger partial charge in [-0.1, -0.05) is 0 Å². The number of methoxy groups -OCH3 is 1. The van der Waals surface area contributed by atoms with Gasteiger partial charge in [0.1, 0.15) is 6.67 Å². The van der Waals surface area contributed by atoms with Gasteiger partial charge in [0.05, 0.1) is 7.11 Å². The SMILES string of the molecule is COc1c(F)cc(CF)cc1CCCO. The Labute approximate surface area is 87.5 Å². The zero-order valence-electron chi connectivity index (χ0n) is 8.59. The molecule has 0 spiro atoms. The zero-order chi connectivity index (χ0) is 11.3. The first kappa shape index (κ1) is 11.9. The molecule has 2 nitrogen and oxygen atoms in total. The van der Waals surface area contributed by atoms with Gasteiger partial charge in [-0.05, 0) is 36.1 Å². The maximum absolute atomic E-state index is 13.4. The normalized spacial score (nSPS) is 10.4. The quantitative estimate of drug-likeness (QED) is 0.817. The lowest BCUT2D eigenvalue weighted by Crippen LogP contribution is -1.99. The van der Waals surface area contributed by atoms with Crippen molar-refractivity contribution in [1.29, 1.82) is 0 Å². The minimum atomic E-state index is -0.701. The van der Waals surface area contributed by atoms with Crippen molar-refractivity contribution in [3.05, 3.63) is 29.1 Å². The van der Waals surface area contributed by atoms with E-state index in [-0.39, 0.29) is 12.4 Å². The average Bonchev–Trinajstić information content (AvgIpc) is 2.25. The van der Waals surface area contributed by atoms with Gasteiger partial charge in [0.2, 0.25) is 0 Å². The molecule has 0 amide bonds. The molecule has 0 aliphatic heterocycles. The van der Waals surface area contributed by atoms with Gasteiger partial charge in [0.15, 0.2) is 11.6 Å². The second-order valence-electron chi connectivity index (χ2n) is 3.23. The van der Waals surface area contributed by atoms with E-state index in [1.165, 1.54) is 7.11 Å². The summed E-state index contributed by atoms with van der Waals surface area (Å²) >= 11 is 0. The van der Waals surface area contributed by atoms with Crippen LogP contribution in [0.1, 0.15) is 17.5 Å². The average molecular weight is 216 g/mol. The first-order valence-corrected chi connectivity index (χ1v) is 4.75. The molecule has 0 atom stereocenters. The lowest BCUT2D eigenvalue weighted by atomic mass is 10.1. The summed E-state index contributed by atoms with van der Waals surface area (Å²) in [5.41, 5.74) is 0.889. The number of alkyl halides is 1. The minimum Gasteiger partial charge on any atom is -0.493 e. The minimum absolute atomic E-state index is 0.0185. The summed E-state index contributed by atoms with van der Waals surface area (Å²) in [5, 5.41) is 8.68. The molecule has 1 aromatic carbocycles. The van der Waals surface area contributed by atoms with Gasteiger partial charge in [-0.3, -0.25) is 0 Å². The highest BCUT2D eigenvalue weighted by atomic mass is 19.1. The van der Waals surface area contributed by atoms with Crippen LogP contribution < -0.4 is 4.74 Å². The molecule has 0 unspecified atom stereocenters. The molecule has 0 bridgehead atoms. The maximum atomic E-state index is 13.4. The number of halogens is 2. The summed E-state index contributed by atoms with van der Waals surface area (Å²) in [6.45, 7) is -0.683. The molecule has 15 heavy (non-hydrogen) atoms. The van der Waals surface area contributed by atoms with Crippen molar-refractivity contribution in [3.8, 4) is 5.75 Å². The number of aliphatic hydroxyl groups is 1. The van der Waals surface area contributed by atoms with E-state index < -0.39 is 12.5 Å². The van der Waals surface area contributed by atoms with E-state index >= 15 is 0 Å². The van der Waals surface area contributed by atoms with Gasteiger partial charge in [-0.15, -0.1) is 0 Å². The monoisotopic (exact) mass is 216 g/mol. The molecule has 1 aromatic rings. The standard InChI is InChI=1S/C11H14F2O2/c1-15-11-9(3-2-4-14)5-8(7-12)6-10(11)13/h5-6,14H,2-4,7H2,1H3. The first-order chi connectivity index (χ1) is 7.22. The molecule has 84 valence electrons. The molecule has 4 heteroatoms. The molecule has 0 fully saturated rings. The van der Waals surface area contributed by atoms with Crippen molar-refractivity contribution in [2.45, 2.75) is 19.5 Å². The van der Waals surface area contributed by atoms with E-state index in [9.17, 15) is 8.78 Å². The fraction of sp³-hybridized carbons (Fsp3) is 0.455. The molecule has 0 aromatic heterocycles. The third kappa shape index (κ3) is 2.89. The van der Waals surface area contributed by atoms with Crippen LogP contribution in [0.15, 0.2) is 12.1 Å². The first-order valence-electron chi connectivity index (χ1n) is 4.75. The second-order valence-corrected chi connectivity index (χ2v) is 3.23. The van der Waals surface area contributed by atoms with Crippen LogP contribution in [0, 0.1) is 5.82 Å². The molecule has 0 aliphatic rings. The lowest BCUT2D eigenvalue weighted by molar-refractivity contribution is 0.287. The van der Waals surface area contributed by atoms with Crippen LogP contribution in [0.4, 0.5) is 8.78 Å². The van der Waals surface area contributed by atoms with Gasteiger partial charge >= 0.3 is 0 Å². The van der Waals surface area contributed by atoms with E-state index in [0.717, 1.165) is 6.07 Å². The van der Waals surface area contributed by atoms with Crippen molar-refractivity contribution in [2.75, 3.05) is 13.7 Å². The predicted octanol–water partition coefficient (Wildman–Crippen LogP) is 2.23. The summed E-state index contributed by atoms with van der Waals surface area (Å²) in [7, 11) is 1.37. The Morgan fingerprint density at radius 1 is 1.40 bits per heavy atom. The van der Waals surface area contributed by atoms with Crippen LogP contribution in [-0.2, 0) is 13.1 Å². The molecular weight excluding hydrogens is 202 g/mol. The number of rotatable bonds is 5. The van der Waals surface area contributed by atoms with Gasteiger partial charge in [-0.25, -0.2) is 8.78 Å². The highest BCUT2D eigenvalue weighted by Crippen LogP contribution is 2.26. The largest absolute Gasteiger partial charge is 0.493 e. The van der Waals surface area contributed by atoms with Crippen LogP contribution in [0.3, 0.4) is 0 Å². The second kappa shape index (κ2) is 5.66. The van der Waals surface area contributed by atoms with E-state index in [0.29, 0.717) is 24.0 Å². The molecular formula is C11H14F2O2. The number of benzene rings is 1. The number of aliphatic hydroxyl groups excluding tert-OH is 1. The van der Waals surface area contributed by atoms with Gasteiger partial charge in [0, 0.05) is 6.61 Å². The summed E-state index contributed by atoms with van der Waals surface area (Å²) in [5.74, 6) is -0.416. The molecule has 0 saturated heterocycles. The number of aryl methyl sites for hydroxylation is 1. The van der Waals surface area contributed by atoms with E-state index in [1.807, 2.05) is 0 Å². The van der Waals surface area contributed by atoms with Gasteiger partial charge in [-0.2, -0.15) is 0 Å². The number of hydrogen-bond donors (Lipinski definition) is 1. The Hall–Kier alpha value is -1.16. The smallest absolute Gasteiger partial charge is 0.165 e. The summed E-state index contributed by atoms with van der Waals surface area (Å²) < 4.78 is 30.7. The van der Waals surface area contributed by atoms with Crippen molar-refractivity contribution in [3.63, 3.8) is 0 Å². The summed E-state index contributed by atoms with van der Waals surface area (Å²) in [4.78, 5) is 0. The molecule has 0 aliphatic carbocycles. The Kier molecular flexibility index (Phi) is 4.49. The van der Waals surface area contributed by atoms with Gasteiger partial charge < -0.3 is 9.84 Å². The topological polar surface area (TPSA) is 29.5 Å². The van der Waals surface area contributed by atoms with Crippen LogP contribution in [0.25, 0.3) is 0 Å². The van der Waals surface area contributed by atoms with E-state index in [4.69, 9.17) is 9.84 Å². The number of ether oxygens (including phenoxy) is 1. The predicted molar refractivity (Wildman–Crippen MR) is 53.2 cm³/mol. The fourth-order valence-corrected chi connectivity index (χ4v) is 1.47. The molecule has 0 heterocycles. The van der Waals surface area contributed by atoms with E-state index in [1.54, 1.807) is 6.07 Å². The molecule has 1 N–H and O–H groups in total. The lowest BCUT2D eigenvalue weighted by Gasteiger charge is -2.10. The Morgan fingerprint density at radius 3 is 2.67 bits per heavy atom. The van der Waals surface area contributed by atoms with E-state index in [2.05, 4.69) is 0 Å². The summed E-state index contributed by atoms with van der Waals surface area (Å²) in [6, 6.07) is 2.69. The number of hydrogen-bond acceptors (Lipinski definition) is 2. The van der Waals surface area contributed by atoms with Crippen LogP contribution in [0.5, 0.6) is 5.75 Å². The fourth-order valence-electron chi connectivity index (χ4n) is 1.47. The van der Waals surface area contributed by atoms with Crippen molar-refractivity contribution < 1.29 is 18.6 Å². The molecule has 1 rings (SSSR count).